The van der Waals surface area contributed by atoms with Crippen molar-refractivity contribution in [3.63, 3.8) is 0 Å². The molecule has 4 nitrogen and oxygen atoms in total. The summed E-state index contributed by atoms with van der Waals surface area (Å²) in [4.78, 5) is 12.6. The number of carbonyl (C=O) groups is 1. The molecule has 0 atom stereocenters. The molecule has 152 valence electrons. The maximum absolute atomic E-state index is 13.9. The average Bonchev–Trinajstić information content (AvgIpc) is 3.12. The molecular weight excluding hydrogens is 413 g/mol. The van der Waals surface area contributed by atoms with Crippen LogP contribution in [0.2, 0.25) is 5.02 Å². The molecule has 1 aromatic heterocycles. The maximum atomic E-state index is 13.9. The van der Waals surface area contributed by atoms with Gasteiger partial charge in [0.2, 0.25) is 0 Å². The van der Waals surface area contributed by atoms with E-state index in [-0.39, 0.29) is 11.3 Å². The van der Waals surface area contributed by atoms with E-state index in [2.05, 4.69) is 5.32 Å². The highest BCUT2D eigenvalue weighted by atomic mass is 35.5. The molecule has 0 aliphatic rings. The predicted octanol–water partition coefficient (Wildman–Crippen LogP) is 6.03. The Morgan fingerprint density at radius 3 is 2.55 bits per heavy atom. The van der Waals surface area contributed by atoms with Crippen LogP contribution in [0, 0.1) is 17.1 Å². The molecule has 0 bridgehead atoms. The van der Waals surface area contributed by atoms with E-state index >= 15 is 0 Å². The van der Waals surface area contributed by atoms with Gasteiger partial charge in [0.25, 0.3) is 5.91 Å². The Bertz CT molecular complexity index is 1350. The van der Waals surface area contributed by atoms with E-state index < -0.39 is 11.7 Å². The third-order valence-corrected chi connectivity index (χ3v) is 5.27. The van der Waals surface area contributed by atoms with Gasteiger partial charge in [-0.05, 0) is 35.9 Å². The zero-order valence-electron chi connectivity index (χ0n) is 16.3. The van der Waals surface area contributed by atoms with Crippen molar-refractivity contribution in [3.05, 3.63) is 107 Å². The highest BCUT2D eigenvalue weighted by molar-refractivity contribution is 6.31. The fraction of sp³-hybridized carbons (Fsp3) is 0.0400. The number of rotatable bonds is 5. The van der Waals surface area contributed by atoms with Crippen molar-refractivity contribution in [2.24, 2.45) is 0 Å². The van der Waals surface area contributed by atoms with E-state index in [0.29, 0.717) is 17.1 Å². The zero-order chi connectivity index (χ0) is 21.8. The minimum Gasteiger partial charge on any atom is -0.342 e. The Labute approximate surface area is 183 Å². The summed E-state index contributed by atoms with van der Waals surface area (Å²) in [5.74, 6) is -1.24. The first-order chi connectivity index (χ1) is 15.1. The number of anilines is 1. The lowest BCUT2D eigenvalue weighted by Crippen LogP contribution is -2.14. The fourth-order valence-corrected chi connectivity index (χ4v) is 3.58. The van der Waals surface area contributed by atoms with Crippen LogP contribution in [0.5, 0.6) is 0 Å². The van der Waals surface area contributed by atoms with Crippen molar-refractivity contribution < 1.29 is 9.18 Å². The number of aromatic nitrogens is 1. The minimum atomic E-state index is -0.671. The number of amides is 1. The number of fused-ring (bicyclic) bond motifs is 1. The Kier molecular flexibility index (Phi) is 5.83. The van der Waals surface area contributed by atoms with Crippen LogP contribution in [0.15, 0.2) is 84.6 Å². The monoisotopic (exact) mass is 429 g/mol. The van der Waals surface area contributed by atoms with E-state index in [4.69, 9.17) is 11.6 Å². The molecule has 4 rings (SSSR count). The number of nitrogens with zero attached hydrogens (tertiary/aromatic N) is 2. The van der Waals surface area contributed by atoms with Crippen LogP contribution in [0.1, 0.15) is 11.1 Å². The molecule has 0 fully saturated rings. The van der Waals surface area contributed by atoms with Gasteiger partial charge in [-0.3, -0.25) is 4.79 Å². The molecule has 0 aliphatic carbocycles. The van der Waals surface area contributed by atoms with Crippen LogP contribution in [0.3, 0.4) is 0 Å². The molecule has 31 heavy (non-hydrogen) atoms. The second-order valence-corrected chi connectivity index (χ2v) is 7.33. The predicted molar refractivity (Wildman–Crippen MR) is 121 cm³/mol. The van der Waals surface area contributed by atoms with Crippen LogP contribution in [-0.2, 0) is 11.3 Å². The van der Waals surface area contributed by atoms with Crippen molar-refractivity contribution in [2.45, 2.75) is 6.54 Å². The molecule has 0 spiro atoms. The van der Waals surface area contributed by atoms with Gasteiger partial charge in [-0.2, -0.15) is 5.26 Å². The van der Waals surface area contributed by atoms with E-state index in [1.807, 2.05) is 65.4 Å². The van der Waals surface area contributed by atoms with Crippen LogP contribution >= 0.6 is 11.6 Å². The third kappa shape index (κ3) is 4.35. The first kappa shape index (κ1) is 20.4. The van der Waals surface area contributed by atoms with Crippen molar-refractivity contribution >= 4 is 40.2 Å². The number of para-hydroxylation sites is 2. The zero-order valence-corrected chi connectivity index (χ0v) is 17.1. The molecule has 0 unspecified atom stereocenters. The Morgan fingerprint density at radius 2 is 1.77 bits per heavy atom. The van der Waals surface area contributed by atoms with Crippen LogP contribution in [0.4, 0.5) is 10.1 Å². The SMILES string of the molecule is N#C/C(=C\c1cn(Cc2ccccc2Cl)c2ccccc12)C(=O)Nc1ccccc1F. The summed E-state index contributed by atoms with van der Waals surface area (Å²) in [6.45, 7) is 0.539. The summed E-state index contributed by atoms with van der Waals surface area (Å²) >= 11 is 6.32. The highest BCUT2D eigenvalue weighted by Crippen LogP contribution is 2.26. The summed E-state index contributed by atoms with van der Waals surface area (Å²) in [5, 5.41) is 13.6. The van der Waals surface area contributed by atoms with Gasteiger partial charge in [-0.1, -0.05) is 60.1 Å². The molecular formula is C25H17ClFN3O. The van der Waals surface area contributed by atoms with E-state index in [0.717, 1.165) is 16.5 Å². The number of carbonyl (C=O) groups excluding carboxylic acids is 1. The summed E-state index contributed by atoms with van der Waals surface area (Å²) in [7, 11) is 0. The molecule has 6 heteroatoms. The first-order valence-electron chi connectivity index (χ1n) is 9.56. The topological polar surface area (TPSA) is 57.8 Å². The largest absolute Gasteiger partial charge is 0.342 e. The summed E-state index contributed by atoms with van der Waals surface area (Å²) in [6, 6.07) is 23.0. The van der Waals surface area contributed by atoms with Crippen LogP contribution in [-0.4, -0.2) is 10.5 Å². The molecule has 4 aromatic rings. The van der Waals surface area contributed by atoms with Gasteiger partial charge in [-0.25, -0.2) is 4.39 Å². The maximum Gasteiger partial charge on any atom is 0.266 e. The van der Waals surface area contributed by atoms with Crippen molar-refractivity contribution in [1.29, 1.82) is 5.26 Å². The summed E-state index contributed by atoms with van der Waals surface area (Å²) in [6.07, 6.45) is 3.39. The Hall–Kier alpha value is -3.88. The average molecular weight is 430 g/mol. The molecule has 1 amide bonds. The van der Waals surface area contributed by atoms with Crippen molar-refractivity contribution in [3.8, 4) is 6.07 Å². The van der Waals surface area contributed by atoms with E-state index in [9.17, 15) is 14.4 Å². The molecule has 0 saturated carbocycles. The number of hydrogen-bond donors (Lipinski definition) is 1. The number of halogens is 2. The second kappa shape index (κ2) is 8.86. The van der Waals surface area contributed by atoms with Gasteiger partial charge in [0.15, 0.2) is 0 Å². The number of hydrogen-bond acceptors (Lipinski definition) is 2. The highest BCUT2D eigenvalue weighted by Gasteiger charge is 2.14. The standard InChI is InChI=1S/C25H17ClFN3O/c26-21-9-3-1-7-17(21)15-30-16-19(20-8-2-6-12-24(20)30)13-18(14-28)25(31)29-23-11-5-4-10-22(23)27/h1-13,16H,15H2,(H,29,31)/b18-13+. The van der Waals surface area contributed by atoms with Gasteiger partial charge >= 0.3 is 0 Å². The molecule has 0 radical (unpaired) electrons. The lowest BCUT2D eigenvalue weighted by atomic mass is 10.1. The second-order valence-electron chi connectivity index (χ2n) is 6.92. The van der Waals surface area contributed by atoms with Gasteiger partial charge in [0.1, 0.15) is 17.5 Å². The van der Waals surface area contributed by atoms with Crippen molar-refractivity contribution in [1.82, 2.24) is 4.57 Å². The molecule has 0 aliphatic heterocycles. The number of nitriles is 1. The first-order valence-corrected chi connectivity index (χ1v) is 9.93. The summed E-state index contributed by atoms with van der Waals surface area (Å²) in [5.41, 5.74) is 2.51. The summed E-state index contributed by atoms with van der Waals surface area (Å²) < 4.78 is 15.9. The van der Waals surface area contributed by atoms with Crippen LogP contribution in [0.25, 0.3) is 17.0 Å². The quantitative estimate of drug-likeness (QED) is 0.311. The van der Waals surface area contributed by atoms with Gasteiger partial charge in [0.05, 0.1) is 5.69 Å². The minimum absolute atomic E-state index is 0.0230. The number of benzene rings is 3. The Balaban J connectivity index is 1.71. The molecule has 3 aromatic carbocycles. The third-order valence-electron chi connectivity index (χ3n) is 4.90. The number of nitrogens with one attached hydrogen (secondary N) is 1. The van der Waals surface area contributed by atoms with E-state index in [1.54, 1.807) is 6.07 Å². The van der Waals surface area contributed by atoms with Gasteiger partial charge in [-0.15, -0.1) is 0 Å². The fourth-order valence-electron chi connectivity index (χ4n) is 3.39. The lowest BCUT2D eigenvalue weighted by Gasteiger charge is -2.07. The van der Waals surface area contributed by atoms with Crippen molar-refractivity contribution in [2.75, 3.05) is 5.32 Å². The molecule has 1 heterocycles. The van der Waals surface area contributed by atoms with Gasteiger partial charge in [0, 0.05) is 34.2 Å². The molecule has 1 N–H and O–H groups in total. The Morgan fingerprint density at radius 1 is 1.06 bits per heavy atom. The van der Waals surface area contributed by atoms with Crippen LogP contribution < -0.4 is 5.32 Å². The van der Waals surface area contributed by atoms with E-state index in [1.165, 1.54) is 24.3 Å². The lowest BCUT2D eigenvalue weighted by molar-refractivity contribution is -0.112. The molecule has 0 saturated heterocycles. The van der Waals surface area contributed by atoms with Gasteiger partial charge < -0.3 is 9.88 Å². The normalized spacial score (nSPS) is 11.3. The smallest absolute Gasteiger partial charge is 0.266 e.